The molecule has 0 aliphatic carbocycles. The van der Waals surface area contributed by atoms with Gasteiger partial charge in [-0.05, 0) is 20.8 Å². The van der Waals surface area contributed by atoms with Crippen molar-refractivity contribution in [2.75, 3.05) is 5.32 Å². The molecule has 0 radical (unpaired) electrons. The molecule has 0 spiro atoms. The van der Waals surface area contributed by atoms with Crippen molar-refractivity contribution in [2.24, 2.45) is 7.05 Å². The Kier molecular flexibility index (Phi) is 3.32. The van der Waals surface area contributed by atoms with Crippen LogP contribution in [0.3, 0.4) is 0 Å². The predicted molar refractivity (Wildman–Crippen MR) is 73.7 cm³/mol. The molecule has 0 saturated carbocycles. The molecule has 0 aromatic carbocycles. The van der Waals surface area contributed by atoms with Crippen molar-refractivity contribution in [3.8, 4) is 0 Å². The Labute approximate surface area is 115 Å². The number of hydrogen-bond donors (Lipinski definition) is 2. The molecule has 0 bridgehead atoms. The maximum atomic E-state index is 11.3. The second-order valence-electron chi connectivity index (χ2n) is 4.83. The number of anilines is 1. The topological polar surface area (TPSA) is 80.0 Å². The zero-order valence-electron chi connectivity index (χ0n) is 11.3. The van der Waals surface area contributed by atoms with E-state index in [1.807, 2.05) is 19.2 Å². The van der Waals surface area contributed by atoms with Crippen LogP contribution in [-0.2, 0) is 12.6 Å². The van der Waals surface area contributed by atoms with E-state index in [-0.39, 0.29) is 5.56 Å². The monoisotopic (exact) mass is 280 g/mol. The van der Waals surface area contributed by atoms with Crippen LogP contribution in [-0.4, -0.2) is 25.8 Å². The molecule has 0 aliphatic rings. The van der Waals surface area contributed by atoms with Crippen molar-refractivity contribution in [1.82, 2.24) is 14.8 Å². The molecule has 0 unspecified atom stereocenters. The summed E-state index contributed by atoms with van der Waals surface area (Å²) in [6, 6.07) is 0. The van der Waals surface area contributed by atoms with E-state index in [0.717, 1.165) is 5.01 Å². The highest BCUT2D eigenvalue weighted by Crippen LogP contribution is 2.29. The highest BCUT2D eigenvalue weighted by molar-refractivity contribution is 7.09. The Balaban J connectivity index is 2.41. The fourth-order valence-corrected chi connectivity index (χ4v) is 2.66. The summed E-state index contributed by atoms with van der Waals surface area (Å²) in [6.07, 6.45) is 1.73. The van der Waals surface area contributed by atoms with Gasteiger partial charge in [-0.1, -0.05) is 0 Å². The number of nitrogens with zero attached hydrogens (tertiary/aromatic N) is 3. The third-order valence-electron chi connectivity index (χ3n) is 2.83. The number of aromatic nitrogens is 3. The second-order valence-corrected chi connectivity index (χ2v) is 5.72. The number of rotatable bonds is 4. The standard InChI is InChI=1S/C12H16N4O2S/c1-7-8(10(17)18)9(16(4)15-7)14-12(2,3)11-13-5-6-19-11/h5-6,14H,1-4H3,(H,17,18). The Hall–Kier alpha value is -1.89. The highest BCUT2D eigenvalue weighted by Gasteiger charge is 2.28. The van der Waals surface area contributed by atoms with E-state index in [2.05, 4.69) is 15.4 Å². The Morgan fingerprint density at radius 2 is 2.21 bits per heavy atom. The van der Waals surface area contributed by atoms with Gasteiger partial charge in [0, 0.05) is 18.6 Å². The van der Waals surface area contributed by atoms with Gasteiger partial charge in [0.05, 0.1) is 11.2 Å². The number of aryl methyl sites for hydroxylation is 2. The molecule has 0 amide bonds. The van der Waals surface area contributed by atoms with Crippen molar-refractivity contribution in [3.05, 3.63) is 27.8 Å². The molecule has 7 heteroatoms. The van der Waals surface area contributed by atoms with Crippen LogP contribution >= 0.6 is 11.3 Å². The summed E-state index contributed by atoms with van der Waals surface area (Å²) in [6.45, 7) is 5.60. The smallest absolute Gasteiger partial charge is 0.341 e. The fourth-order valence-electron chi connectivity index (χ4n) is 1.94. The average molecular weight is 280 g/mol. The van der Waals surface area contributed by atoms with E-state index in [4.69, 9.17) is 0 Å². The van der Waals surface area contributed by atoms with Crippen molar-refractivity contribution in [1.29, 1.82) is 0 Å². The van der Waals surface area contributed by atoms with Crippen molar-refractivity contribution in [3.63, 3.8) is 0 Å². The number of hydrogen-bond acceptors (Lipinski definition) is 5. The van der Waals surface area contributed by atoms with Crippen molar-refractivity contribution in [2.45, 2.75) is 26.3 Å². The van der Waals surface area contributed by atoms with E-state index in [1.165, 1.54) is 11.3 Å². The zero-order chi connectivity index (χ0) is 14.2. The van der Waals surface area contributed by atoms with Crippen LogP contribution in [0.15, 0.2) is 11.6 Å². The van der Waals surface area contributed by atoms with Gasteiger partial charge in [-0.25, -0.2) is 9.78 Å². The lowest BCUT2D eigenvalue weighted by molar-refractivity contribution is 0.0697. The van der Waals surface area contributed by atoms with Crippen LogP contribution in [0.4, 0.5) is 5.82 Å². The Morgan fingerprint density at radius 1 is 1.53 bits per heavy atom. The first-order valence-corrected chi connectivity index (χ1v) is 6.66. The largest absolute Gasteiger partial charge is 0.477 e. The molecule has 2 heterocycles. The number of carboxylic acids is 1. The molecule has 0 saturated heterocycles. The summed E-state index contributed by atoms with van der Waals surface area (Å²) >= 11 is 1.53. The molecule has 2 rings (SSSR count). The summed E-state index contributed by atoms with van der Waals surface area (Å²) in [4.78, 5) is 15.6. The molecule has 102 valence electrons. The summed E-state index contributed by atoms with van der Waals surface area (Å²) in [5.41, 5.74) is 0.234. The molecule has 2 aromatic rings. The number of thiazole rings is 1. The minimum Gasteiger partial charge on any atom is -0.477 e. The average Bonchev–Trinajstić information content (AvgIpc) is 2.87. The SMILES string of the molecule is Cc1nn(C)c(NC(C)(C)c2nccs2)c1C(=O)O. The van der Waals surface area contributed by atoms with Crippen LogP contribution in [0.1, 0.15) is 34.9 Å². The normalized spacial score (nSPS) is 11.6. The molecule has 2 N–H and O–H groups in total. The lowest BCUT2D eigenvalue weighted by atomic mass is 10.1. The second kappa shape index (κ2) is 4.65. The van der Waals surface area contributed by atoms with Crippen LogP contribution in [0.5, 0.6) is 0 Å². The number of nitrogens with one attached hydrogen (secondary N) is 1. The van der Waals surface area contributed by atoms with E-state index in [0.29, 0.717) is 11.5 Å². The number of aromatic carboxylic acids is 1. The van der Waals surface area contributed by atoms with Crippen molar-refractivity contribution >= 4 is 23.1 Å². The van der Waals surface area contributed by atoms with Crippen LogP contribution < -0.4 is 5.32 Å². The quantitative estimate of drug-likeness (QED) is 0.897. The lowest BCUT2D eigenvalue weighted by Gasteiger charge is -2.25. The molecular formula is C12H16N4O2S. The van der Waals surface area contributed by atoms with E-state index < -0.39 is 11.5 Å². The fraction of sp³-hybridized carbons (Fsp3) is 0.417. The number of carboxylic acid groups (broad SMARTS) is 1. The van der Waals surface area contributed by atoms with Gasteiger partial charge in [-0.15, -0.1) is 11.3 Å². The molecular weight excluding hydrogens is 264 g/mol. The van der Waals surface area contributed by atoms with Gasteiger partial charge in [0.15, 0.2) is 0 Å². The third-order valence-corrected chi connectivity index (χ3v) is 3.93. The van der Waals surface area contributed by atoms with Gasteiger partial charge in [0.25, 0.3) is 0 Å². The summed E-state index contributed by atoms with van der Waals surface area (Å²) in [5.74, 6) is -0.492. The van der Waals surface area contributed by atoms with E-state index in [1.54, 1.807) is 24.9 Å². The molecule has 0 atom stereocenters. The minimum absolute atomic E-state index is 0.201. The summed E-state index contributed by atoms with van der Waals surface area (Å²) in [5, 5.41) is 19.4. The van der Waals surface area contributed by atoms with Gasteiger partial charge in [0.2, 0.25) is 0 Å². The minimum atomic E-state index is -0.983. The Bertz CT molecular complexity index is 602. The summed E-state index contributed by atoms with van der Waals surface area (Å²) < 4.78 is 1.55. The predicted octanol–water partition coefficient (Wildman–Crippen LogP) is 2.23. The van der Waals surface area contributed by atoms with Crippen LogP contribution in [0.2, 0.25) is 0 Å². The maximum absolute atomic E-state index is 11.3. The number of carbonyl (C=O) groups is 1. The van der Waals surface area contributed by atoms with Crippen molar-refractivity contribution < 1.29 is 9.90 Å². The summed E-state index contributed by atoms with van der Waals surface area (Å²) in [7, 11) is 1.72. The van der Waals surface area contributed by atoms with Crippen LogP contribution in [0, 0.1) is 6.92 Å². The van der Waals surface area contributed by atoms with Gasteiger partial charge >= 0.3 is 5.97 Å². The van der Waals surface area contributed by atoms with Gasteiger partial charge < -0.3 is 10.4 Å². The molecule has 19 heavy (non-hydrogen) atoms. The molecule has 6 nitrogen and oxygen atoms in total. The molecule has 2 aromatic heterocycles. The van der Waals surface area contributed by atoms with Gasteiger partial charge in [-0.2, -0.15) is 5.10 Å². The highest BCUT2D eigenvalue weighted by atomic mass is 32.1. The first-order chi connectivity index (χ1) is 8.83. The lowest BCUT2D eigenvalue weighted by Crippen LogP contribution is -2.29. The zero-order valence-corrected chi connectivity index (χ0v) is 12.1. The maximum Gasteiger partial charge on any atom is 0.341 e. The van der Waals surface area contributed by atoms with Crippen LogP contribution in [0.25, 0.3) is 0 Å². The first kappa shape index (κ1) is 13.5. The molecule has 0 aliphatic heterocycles. The van der Waals surface area contributed by atoms with Gasteiger partial charge in [0.1, 0.15) is 16.4 Å². The molecule has 0 fully saturated rings. The Morgan fingerprint density at radius 3 is 2.74 bits per heavy atom. The third kappa shape index (κ3) is 2.46. The first-order valence-electron chi connectivity index (χ1n) is 5.78. The van der Waals surface area contributed by atoms with Gasteiger partial charge in [-0.3, -0.25) is 4.68 Å². The van der Waals surface area contributed by atoms with E-state index in [9.17, 15) is 9.90 Å². The van der Waals surface area contributed by atoms with E-state index >= 15 is 0 Å².